The molecule has 1 aliphatic rings. The van der Waals surface area contributed by atoms with Gasteiger partial charge in [0.2, 0.25) is 0 Å². The van der Waals surface area contributed by atoms with Crippen molar-refractivity contribution >= 4 is 27.3 Å². The van der Waals surface area contributed by atoms with Gasteiger partial charge in [0.25, 0.3) is 0 Å². The van der Waals surface area contributed by atoms with Gasteiger partial charge in [0.05, 0.1) is 0 Å². The number of rotatable bonds is 1. The predicted octanol–water partition coefficient (Wildman–Crippen LogP) is 3.69. The maximum absolute atomic E-state index is 10.6. The molecule has 1 aliphatic carbocycles. The van der Waals surface area contributed by atoms with Crippen LogP contribution < -0.4 is 0 Å². The van der Waals surface area contributed by atoms with E-state index in [4.69, 9.17) is 0 Å². The highest BCUT2D eigenvalue weighted by Gasteiger charge is 2.41. The molecule has 4 heteroatoms. The molecule has 1 heterocycles. The normalized spacial score (nSPS) is 30.4. The predicted molar refractivity (Wildman–Crippen MR) is 66.0 cm³/mol. The Bertz CT molecular complexity index is 363. The number of hydrogen-bond donors (Lipinski definition) is 1. The first-order chi connectivity index (χ1) is 6.91. The molecule has 2 nitrogen and oxygen atoms in total. The van der Waals surface area contributed by atoms with Gasteiger partial charge in [-0.05, 0) is 47.0 Å². The van der Waals surface area contributed by atoms with Crippen LogP contribution >= 0.6 is 27.3 Å². The molecule has 15 heavy (non-hydrogen) atoms. The lowest BCUT2D eigenvalue weighted by Crippen LogP contribution is -2.36. The summed E-state index contributed by atoms with van der Waals surface area (Å²) in [5, 5.41) is 13.4. The first-order valence-electron chi connectivity index (χ1n) is 5.25. The number of thiazole rings is 1. The molecule has 0 aliphatic heterocycles. The highest BCUT2D eigenvalue weighted by atomic mass is 79.9. The van der Waals surface area contributed by atoms with E-state index in [0.29, 0.717) is 0 Å². The third-order valence-electron chi connectivity index (χ3n) is 3.09. The fraction of sp³-hybridized carbons (Fsp3) is 0.727. The molecule has 1 fully saturated rings. The molecule has 0 amide bonds. The summed E-state index contributed by atoms with van der Waals surface area (Å²) in [5.41, 5.74) is -0.469. The molecule has 1 aromatic rings. The minimum atomic E-state index is -0.696. The summed E-state index contributed by atoms with van der Waals surface area (Å²) in [7, 11) is 0. The number of nitrogens with zero attached hydrogens (tertiary/aromatic N) is 1. The Morgan fingerprint density at radius 1 is 1.47 bits per heavy atom. The van der Waals surface area contributed by atoms with E-state index < -0.39 is 5.60 Å². The Morgan fingerprint density at radius 2 is 2.20 bits per heavy atom. The minimum Gasteiger partial charge on any atom is -0.383 e. The SMILES string of the molecule is CC1(C)CCCC(O)(c2nc(Br)cs2)C1. The lowest BCUT2D eigenvalue weighted by Gasteiger charge is -2.40. The van der Waals surface area contributed by atoms with Crippen molar-refractivity contribution in [3.63, 3.8) is 0 Å². The van der Waals surface area contributed by atoms with E-state index in [2.05, 4.69) is 34.8 Å². The smallest absolute Gasteiger partial charge is 0.126 e. The molecule has 1 saturated carbocycles. The van der Waals surface area contributed by atoms with Gasteiger partial charge < -0.3 is 5.11 Å². The Hall–Kier alpha value is 0.0700. The summed E-state index contributed by atoms with van der Waals surface area (Å²) in [6.07, 6.45) is 3.94. The van der Waals surface area contributed by atoms with Gasteiger partial charge in [-0.25, -0.2) is 4.98 Å². The van der Waals surface area contributed by atoms with Gasteiger partial charge in [0, 0.05) is 5.38 Å². The zero-order chi connectivity index (χ0) is 11.1. The van der Waals surface area contributed by atoms with Gasteiger partial charge >= 0.3 is 0 Å². The zero-order valence-corrected chi connectivity index (χ0v) is 11.5. The summed E-state index contributed by atoms with van der Waals surface area (Å²) in [6.45, 7) is 4.44. The maximum atomic E-state index is 10.6. The fourth-order valence-corrected chi connectivity index (χ4v) is 3.86. The highest BCUT2D eigenvalue weighted by molar-refractivity contribution is 9.10. The minimum absolute atomic E-state index is 0.227. The van der Waals surface area contributed by atoms with Crippen molar-refractivity contribution in [2.45, 2.75) is 45.1 Å². The van der Waals surface area contributed by atoms with Crippen molar-refractivity contribution in [1.82, 2.24) is 4.98 Å². The van der Waals surface area contributed by atoms with Crippen LogP contribution in [0, 0.1) is 5.41 Å². The van der Waals surface area contributed by atoms with Crippen LogP contribution in [0.4, 0.5) is 0 Å². The van der Waals surface area contributed by atoms with Crippen molar-refractivity contribution in [3.05, 3.63) is 15.0 Å². The van der Waals surface area contributed by atoms with Crippen molar-refractivity contribution < 1.29 is 5.11 Å². The van der Waals surface area contributed by atoms with E-state index in [9.17, 15) is 5.11 Å². The number of hydrogen-bond acceptors (Lipinski definition) is 3. The molecule has 1 N–H and O–H groups in total. The van der Waals surface area contributed by atoms with Gasteiger partial charge in [-0.2, -0.15) is 0 Å². The average Bonchev–Trinajstić information content (AvgIpc) is 2.49. The molecule has 2 rings (SSSR count). The summed E-state index contributed by atoms with van der Waals surface area (Å²) in [4.78, 5) is 4.36. The summed E-state index contributed by atoms with van der Waals surface area (Å²) in [5.74, 6) is 0. The fourth-order valence-electron chi connectivity index (χ4n) is 2.48. The van der Waals surface area contributed by atoms with E-state index in [1.807, 2.05) is 5.38 Å². The molecule has 0 spiro atoms. The van der Waals surface area contributed by atoms with Crippen LogP contribution in [0.1, 0.15) is 44.5 Å². The van der Waals surface area contributed by atoms with Crippen molar-refractivity contribution in [3.8, 4) is 0 Å². The second kappa shape index (κ2) is 3.82. The van der Waals surface area contributed by atoms with Crippen molar-refractivity contribution in [1.29, 1.82) is 0 Å². The van der Waals surface area contributed by atoms with Crippen LogP contribution in [-0.4, -0.2) is 10.1 Å². The van der Waals surface area contributed by atoms with E-state index in [0.717, 1.165) is 28.9 Å². The lowest BCUT2D eigenvalue weighted by molar-refractivity contribution is -0.0442. The van der Waals surface area contributed by atoms with Gasteiger partial charge in [-0.15, -0.1) is 11.3 Å². The standard InChI is InChI=1S/C11H16BrNOS/c1-10(2)4-3-5-11(14,7-10)9-13-8(12)6-15-9/h6,14H,3-5,7H2,1-2H3. The van der Waals surface area contributed by atoms with E-state index in [1.54, 1.807) is 11.3 Å². The van der Waals surface area contributed by atoms with Gasteiger partial charge in [-0.1, -0.05) is 13.8 Å². The largest absolute Gasteiger partial charge is 0.383 e. The molecule has 1 aromatic heterocycles. The molecule has 84 valence electrons. The van der Waals surface area contributed by atoms with Crippen LogP contribution in [0.25, 0.3) is 0 Å². The van der Waals surface area contributed by atoms with Crippen LogP contribution in [0.15, 0.2) is 9.98 Å². The first kappa shape index (κ1) is 11.6. The summed E-state index contributed by atoms with van der Waals surface area (Å²) in [6, 6.07) is 0. The van der Waals surface area contributed by atoms with E-state index >= 15 is 0 Å². The van der Waals surface area contributed by atoms with Crippen LogP contribution in [0.3, 0.4) is 0 Å². The Morgan fingerprint density at radius 3 is 2.73 bits per heavy atom. The molecular formula is C11H16BrNOS. The lowest BCUT2D eigenvalue weighted by atomic mass is 9.70. The molecule has 0 aromatic carbocycles. The first-order valence-corrected chi connectivity index (χ1v) is 6.93. The number of aliphatic hydroxyl groups is 1. The second-order valence-corrected chi connectivity index (χ2v) is 6.87. The van der Waals surface area contributed by atoms with Crippen LogP contribution in [0.5, 0.6) is 0 Å². The summed E-state index contributed by atoms with van der Waals surface area (Å²) < 4.78 is 0.833. The monoisotopic (exact) mass is 289 g/mol. The second-order valence-electron chi connectivity index (χ2n) is 5.20. The van der Waals surface area contributed by atoms with E-state index in [-0.39, 0.29) is 5.41 Å². The summed E-state index contributed by atoms with van der Waals surface area (Å²) >= 11 is 4.89. The highest BCUT2D eigenvalue weighted by Crippen LogP contribution is 2.46. The zero-order valence-electron chi connectivity index (χ0n) is 9.09. The molecule has 1 unspecified atom stereocenters. The third kappa shape index (κ3) is 2.43. The Balaban J connectivity index is 2.26. The quantitative estimate of drug-likeness (QED) is 0.855. The molecule has 0 bridgehead atoms. The van der Waals surface area contributed by atoms with Gasteiger partial charge in [0.15, 0.2) is 0 Å². The Kier molecular flexibility index (Phi) is 2.95. The maximum Gasteiger partial charge on any atom is 0.126 e. The van der Waals surface area contributed by atoms with Crippen molar-refractivity contribution in [2.24, 2.45) is 5.41 Å². The molecule has 0 saturated heterocycles. The Labute approximate surface area is 103 Å². The third-order valence-corrected chi connectivity index (χ3v) is 4.83. The molecule has 1 atom stereocenters. The van der Waals surface area contributed by atoms with Gasteiger partial charge in [0.1, 0.15) is 15.2 Å². The van der Waals surface area contributed by atoms with E-state index in [1.165, 1.54) is 6.42 Å². The molecule has 0 radical (unpaired) electrons. The van der Waals surface area contributed by atoms with Crippen molar-refractivity contribution in [2.75, 3.05) is 0 Å². The van der Waals surface area contributed by atoms with Gasteiger partial charge in [-0.3, -0.25) is 0 Å². The van der Waals surface area contributed by atoms with Crippen LogP contribution in [-0.2, 0) is 5.60 Å². The number of halogens is 1. The number of aromatic nitrogens is 1. The van der Waals surface area contributed by atoms with Crippen LogP contribution in [0.2, 0.25) is 0 Å². The molecular weight excluding hydrogens is 274 g/mol. The average molecular weight is 290 g/mol. The topological polar surface area (TPSA) is 33.1 Å².